The van der Waals surface area contributed by atoms with Crippen molar-refractivity contribution in [1.82, 2.24) is 4.90 Å². The minimum atomic E-state index is -0.947. The first-order valence-corrected chi connectivity index (χ1v) is 13.8. The van der Waals surface area contributed by atoms with Gasteiger partial charge in [-0.15, -0.1) is 11.3 Å². The van der Waals surface area contributed by atoms with Gasteiger partial charge in [-0.1, -0.05) is 57.7 Å². The Morgan fingerprint density at radius 3 is 2.58 bits per heavy atom. The van der Waals surface area contributed by atoms with Gasteiger partial charge in [0, 0.05) is 9.91 Å². The van der Waals surface area contributed by atoms with Crippen LogP contribution in [-0.2, 0) is 11.2 Å². The van der Waals surface area contributed by atoms with Crippen LogP contribution in [0.15, 0.2) is 48.8 Å². The molecule has 1 atom stereocenters. The number of carbonyl (C=O) groups excluding carboxylic acids is 1. The van der Waals surface area contributed by atoms with Crippen LogP contribution in [0.1, 0.15) is 78.6 Å². The van der Waals surface area contributed by atoms with E-state index in [-0.39, 0.29) is 29.9 Å². The molecule has 0 N–H and O–H groups in total. The van der Waals surface area contributed by atoms with Gasteiger partial charge in [-0.2, -0.15) is 5.26 Å². The predicted octanol–water partition coefficient (Wildman–Crippen LogP) is 8.12. The van der Waals surface area contributed by atoms with E-state index in [1.54, 1.807) is 11.0 Å². The molecule has 202 valence electrons. The van der Waals surface area contributed by atoms with Crippen molar-refractivity contribution in [3.05, 3.63) is 81.7 Å². The first-order valence-electron chi connectivity index (χ1n) is 12.6. The van der Waals surface area contributed by atoms with E-state index in [0.29, 0.717) is 23.4 Å². The summed E-state index contributed by atoms with van der Waals surface area (Å²) in [5.41, 5.74) is 2.99. The predicted molar refractivity (Wildman–Crippen MR) is 155 cm³/mol. The van der Waals surface area contributed by atoms with Crippen molar-refractivity contribution in [2.75, 3.05) is 18.1 Å². The van der Waals surface area contributed by atoms with Crippen LogP contribution in [0.2, 0.25) is 0 Å². The van der Waals surface area contributed by atoms with Crippen molar-refractivity contribution in [2.45, 2.75) is 65.5 Å². The number of aryl methyl sites for hydroxylation is 1. The molecule has 0 bridgehead atoms. The van der Waals surface area contributed by atoms with Crippen molar-refractivity contribution in [2.24, 2.45) is 0 Å². The van der Waals surface area contributed by atoms with Gasteiger partial charge in [0.1, 0.15) is 29.4 Å². The maximum absolute atomic E-state index is 14.4. The lowest BCUT2D eigenvalue weighted by atomic mass is 9.96. The highest BCUT2D eigenvalue weighted by molar-refractivity contribution is 7.18. The minimum absolute atomic E-state index is 0.174. The maximum Gasteiger partial charge on any atom is 0.263 e. The van der Waals surface area contributed by atoms with Crippen LogP contribution in [0.5, 0.6) is 0 Å². The first-order chi connectivity index (χ1) is 17.9. The van der Waals surface area contributed by atoms with E-state index in [4.69, 9.17) is 16.3 Å². The molecule has 0 saturated heterocycles. The minimum Gasteiger partial charge on any atom is -0.357 e. The lowest BCUT2D eigenvalue weighted by Gasteiger charge is -2.46. The van der Waals surface area contributed by atoms with Crippen LogP contribution in [0.25, 0.3) is 5.57 Å². The highest BCUT2D eigenvalue weighted by Crippen LogP contribution is 2.48. The van der Waals surface area contributed by atoms with Crippen molar-refractivity contribution in [1.29, 1.82) is 5.26 Å². The third-order valence-corrected chi connectivity index (χ3v) is 8.87. The summed E-state index contributed by atoms with van der Waals surface area (Å²) < 4.78 is 20.4. The van der Waals surface area contributed by atoms with Crippen molar-refractivity contribution in [3.8, 4) is 6.07 Å². The van der Waals surface area contributed by atoms with Gasteiger partial charge in [-0.05, 0) is 68.0 Å². The normalized spacial score (nSPS) is 14.4. The van der Waals surface area contributed by atoms with Crippen molar-refractivity contribution in [3.63, 3.8) is 0 Å². The van der Waals surface area contributed by atoms with Gasteiger partial charge in [-0.25, -0.2) is 4.39 Å². The molecule has 2 heterocycles. The average molecular weight is 556 g/mol. The summed E-state index contributed by atoms with van der Waals surface area (Å²) in [4.78, 5) is 18.4. The number of rotatable bonds is 11. The van der Waals surface area contributed by atoms with E-state index < -0.39 is 11.6 Å². The molecule has 1 aromatic carbocycles. The number of nitriles is 1. The first kappa shape index (κ1) is 29.6. The molecule has 1 amide bonds. The summed E-state index contributed by atoms with van der Waals surface area (Å²) >= 11 is 7.90. The standard InChI is InChI=1S/C30H35ClFN3O2S/c1-9-11-18(3)27-19(4)26-28(36)35(30(7,8)20(5)31)21(6)34(29(26)38-27)17-25(37-15-14-33)24-16-23(32)13-12-22(24)10-2/h12-13,16,25H,3,5-6,9-11,15,17H2,1-2,4,7-8H3/t25-/m0/s1. The number of fused-ring (bicyclic) bond motifs is 1. The number of hydrogen-bond acceptors (Lipinski definition) is 5. The number of amides is 1. The van der Waals surface area contributed by atoms with Gasteiger partial charge in [0.05, 0.1) is 23.7 Å². The second kappa shape index (κ2) is 11.9. The summed E-state index contributed by atoms with van der Waals surface area (Å²) in [5.74, 6) is -0.197. The van der Waals surface area contributed by atoms with Crippen LogP contribution in [0.3, 0.4) is 0 Å². The smallest absolute Gasteiger partial charge is 0.263 e. The molecule has 2 aromatic rings. The quantitative estimate of drug-likeness (QED) is 0.281. The molecule has 1 aliphatic heterocycles. The van der Waals surface area contributed by atoms with E-state index >= 15 is 0 Å². The number of allylic oxidation sites excluding steroid dienone is 1. The van der Waals surface area contributed by atoms with Crippen LogP contribution in [0, 0.1) is 24.1 Å². The van der Waals surface area contributed by atoms with Crippen LogP contribution in [-0.4, -0.2) is 29.5 Å². The molecule has 0 saturated carbocycles. The van der Waals surface area contributed by atoms with Crippen LogP contribution >= 0.6 is 22.9 Å². The highest BCUT2D eigenvalue weighted by Gasteiger charge is 2.45. The van der Waals surface area contributed by atoms with Gasteiger partial charge in [-0.3, -0.25) is 9.69 Å². The summed E-state index contributed by atoms with van der Waals surface area (Å²) in [7, 11) is 0. The molecular weight excluding hydrogens is 521 g/mol. The highest BCUT2D eigenvalue weighted by atomic mass is 35.5. The molecule has 38 heavy (non-hydrogen) atoms. The molecular formula is C30H35ClFN3O2S. The fourth-order valence-electron chi connectivity index (χ4n) is 4.78. The number of ether oxygens (including phenoxy) is 1. The van der Waals surface area contributed by atoms with Gasteiger partial charge in [0.2, 0.25) is 0 Å². The Balaban J connectivity index is 2.23. The van der Waals surface area contributed by atoms with Gasteiger partial charge < -0.3 is 9.64 Å². The average Bonchev–Trinajstić information content (AvgIpc) is 3.21. The van der Waals surface area contributed by atoms with Gasteiger partial charge in [0.15, 0.2) is 0 Å². The fraction of sp³-hybridized carbons (Fsp3) is 0.400. The fourth-order valence-corrected chi connectivity index (χ4v) is 6.19. The molecule has 0 fully saturated rings. The van der Waals surface area contributed by atoms with E-state index in [1.807, 2.05) is 38.7 Å². The Labute approximate surface area is 234 Å². The molecule has 0 unspecified atom stereocenters. The summed E-state index contributed by atoms with van der Waals surface area (Å²) in [6.45, 7) is 22.2. The largest absolute Gasteiger partial charge is 0.357 e. The maximum atomic E-state index is 14.4. The molecule has 8 heteroatoms. The van der Waals surface area contributed by atoms with E-state index in [2.05, 4.69) is 26.7 Å². The number of nitrogens with zero attached hydrogens (tertiary/aromatic N) is 3. The number of anilines is 1. The molecule has 0 aliphatic carbocycles. The number of halogens is 2. The summed E-state index contributed by atoms with van der Waals surface area (Å²) in [6, 6.07) is 6.64. The summed E-state index contributed by atoms with van der Waals surface area (Å²) in [6.07, 6.45) is 1.74. The Kier molecular flexibility index (Phi) is 9.25. The van der Waals surface area contributed by atoms with E-state index in [9.17, 15) is 14.4 Å². The second-order valence-corrected chi connectivity index (χ2v) is 11.3. The number of benzene rings is 1. The van der Waals surface area contributed by atoms with E-state index in [0.717, 1.165) is 39.4 Å². The van der Waals surface area contributed by atoms with E-state index in [1.165, 1.54) is 23.5 Å². The van der Waals surface area contributed by atoms with Crippen LogP contribution in [0.4, 0.5) is 9.39 Å². The lowest BCUT2D eigenvalue weighted by molar-refractivity contribution is 0.0641. The second-order valence-electron chi connectivity index (χ2n) is 9.88. The number of thiophene rings is 1. The molecule has 1 aliphatic rings. The number of hydrogen-bond donors (Lipinski definition) is 0. The monoisotopic (exact) mass is 555 g/mol. The van der Waals surface area contributed by atoms with Crippen molar-refractivity contribution < 1.29 is 13.9 Å². The summed E-state index contributed by atoms with van der Waals surface area (Å²) in [5, 5.41) is 10.3. The lowest BCUT2D eigenvalue weighted by Crippen LogP contribution is -2.54. The molecule has 0 spiro atoms. The third kappa shape index (κ3) is 5.44. The number of carbonyl (C=O) groups is 1. The zero-order chi connectivity index (χ0) is 28.4. The Hall–Kier alpha value is -2.92. The topological polar surface area (TPSA) is 56.6 Å². The van der Waals surface area contributed by atoms with Gasteiger partial charge in [0.25, 0.3) is 5.91 Å². The third-order valence-electron chi connectivity index (χ3n) is 6.99. The Morgan fingerprint density at radius 1 is 1.32 bits per heavy atom. The molecule has 5 nitrogen and oxygen atoms in total. The zero-order valence-electron chi connectivity index (χ0n) is 22.8. The molecule has 0 radical (unpaired) electrons. The molecule has 1 aromatic heterocycles. The zero-order valence-corrected chi connectivity index (χ0v) is 24.4. The van der Waals surface area contributed by atoms with Gasteiger partial charge >= 0.3 is 0 Å². The Bertz CT molecular complexity index is 1320. The van der Waals surface area contributed by atoms with Crippen molar-refractivity contribution >= 4 is 39.4 Å². The Morgan fingerprint density at radius 2 is 2.00 bits per heavy atom. The SMILES string of the molecule is C=C(CCC)c1sc2c(c1C)C(=O)N(C(C)(C)C(=C)Cl)C(=C)N2C[C@H](OCC#N)c1cc(F)ccc1CC. The molecule has 3 rings (SSSR count). The van der Waals surface area contributed by atoms with Crippen LogP contribution < -0.4 is 4.90 Å².